The molecule has 0 aliphatic heterocycles. The number of carbonyl (C=O) groups excluding carboxylic acids is 2. The number of hydrogen-bond acceptors (Lipinski definition) is 10. The quantitative estimate of drug-likeness (QED) is 0.433. The van der Waals surface area contributed by atoms with Crippen molar-refractivity contribution in [2.45, 2.75) is 0 Å². The highest BCUT2D eigenvalue weighted by molar-refractivity contribution is 6.23. The summed E-state index contributed by atoms with van der Waals surface area (Å²) >= 11 is 0. The summed E-state index contributed by atoms with van der Waals surface area (Å²) in [7, 11) is 0. The van der Waals surface area contributed by atoms with E-state index in [0.717, 1.165) is 0 Å². The molecule has 100 valence electrons. The second kappa shape index (κ2) is 3.60. The number of hydrogen-bond donors (Lipinski definition) is 0. The first-order valence-corrected chi connectivity index (χ1v) is 4.86. The Morgan fingerprint density at radius 3 is 0.800 bits per heavy atom. The average molecular weight is 280 g/mol. The molecule has 0 amide bonds. The molecule has 0 saturated carbocycles. The molecule has 0 radical (unpaired) electrons. The van der Waals surface area contributed by atoms with Gasteiger partial charge in [-0.25, -0.2) is 19.2 Å². The molecule has 1 aliphatic rings. The van der Waals surface area contributed by atoms with Crippen molar-refractivity contribution in [1.82, 2.24) is 0 Å². The number of carbonyl (C=O) groups is 2. The molecule has 0 spiro atoms. The Morgan fingerprint density at radius 2 is 0.600 bits per heavy atom. The maximum atomic E-state index is 11.8. The minimum Gasteiger partial charge on any atom is -0.410 e. The fourth-order valence-electron chi connectivity index (χ4n) is 1.53. The van der Waals surface area contributed by atoms with Gasteiger partial charge in [-0.1, -0.05) is 0 Å². The van der Waals surface area contributed by atoms with Crippen molar-refractivity contribution in [3.05, 3.63) is 64.7 Å². The van der Waals surface area contributed by atoms with Gasteiger partial charge in [0, 0.05) is 0 Å². The van der Waals surface area contributed by atoms with Crippen LogP contribution in [-0.4, -0.2) is 11.6 Å². The summed E-state index contributed by atoms with van der Waals surface area (Å²) in [5.41, 5.74) is -6.08. The van der Waals surface area contributed by atoms with E-state index in [1.165, 1.54) is 0 Å². The fourth-order valence-corrected chi connectivity index (χ4v) is 1.53. The second-order valence-corrected chi connectivity index (χ2v) is 3.53. The summed E-state index contributed by atoms with van der Waals surface area (Å²) in [6.07, 6.45) is 0. The molecule has 3 rings (SSSR count). The van der Waals surface area contributed by atoms with Gasteiger partial charge in [-0.3, -0.25) is 9.59 Å². The molecule has 1 aliphatic carbocycles. The van der Waals surface area contributed by atoms with Gasteiger partial charge in [0.1, 0.15) is 0 Å². The van der Waals surface area contributed by atoms with Crippen LogP contribution in [0.4, 0.5) is 0 Å². The highest BCUT2D eigenvalue weighted by atomic mass is 16.5. The zero-order valence-corrected chi connectivity index (χ0v) is 9.08. The molecule has 0 bridgehead atoms. The summed E-state index contributed by atoms with van der Waals surface area (Å²) in [5.74, 6) is -6.13. The summed E-state index contributed by atoms with van der Waals surface area (Å²) in [6, 6.07) is 0. The molecule has 10 nitrogen and oxygen atoms in total. The second-order valence-electron chi connectivity index (χ2n) is 3.53. The van der Waals surface area contributed by atoms with E-state index in [-0.39, 0.29) is 0 Å². The third-order valence-corrected chi connectivity index (χ3v) is 2.35. The van der Waals surface area contributed by atoms with Crippen molar-refractivity contribution in [2.24, 2.45) is 0 Å². The zero-order chi connectivity index (χ0) is 14.6. The van der Waals surface area contributed by atoms with Crippen LogP contribution in [0.1, 0.15) is 32.6 Å². The van der Waals surface area contributed by atoms with Gasteiger partial charge in [-0.05, 0) is 0 Å². The smallest absolute Gasteiger partial charge is 0.410 e. The van der Waals surface area contributed by atoms with Crippen LogP contribution in [0.5, 0.6) is 0 Å². The SMILES string of the molecule is O=C1c2oc(=O)c(=O)oc2C(=O)c2oc(=O)c(=O)oc21. The lowest BCUT2D eigenvalue weighted by Crippen LogP contribution is -2.33. The lowest BCUT2D eigenvalue weighted by Gasteiger charge is -2.09. The van der Waals surface area contributed by atoms with Gasteiger partial charge in [0.25, 0.3) is 11.6 Å². The van der Waals surface area contributed by atoms with Crippen LogP contribution in [-0.2, 0) is 0 Å². The molecule has 2 heterocycles. The van der Waals surface area contributed by atoms with Crippen LogP contribution in [0, 0.1) is 0 Å². The van der Waals surface area contributed by atoms with Crippen LogP contribution in [0.25, 0.3) is 0 Å². The number of ketones is 2. The minimum absolute atomic E-state index is 0.913. The van der Waals surface area contributed by atoms with Crippen molar-refractivity contribution in [3.8, 4) is 0 Å². The van der Waals surface area contributed by atoms with Crippen LogP contribution in [0.3, 0.4) is 0 Å². The van der Waals surface area contributed by atoms with Crippen LogP contribution >= 0.6 is 0 Å². The Morgan fingerprint density at radius 1 is 0.400 bits per heavy atom. The first-order chi connectivity index (χ1) is 9.40. The Kier molecular flexibility index (Phi) is 2.12. The van der Waals surface area contributed by atoms with Gasteiger partial charge in [-0.2, -0.15) is 0 Å². The Hall–Kier alpha value is -3.30. The van der Waals surface area contributed by atoms with Gasteiger partial charge < -0.3 is 17.7 Å². The maximum absolute atomic E-state index is 11.8. The highest BCUT2D eigenvalue weighted by Crippen LogP contribution is 2.23. The molecule has 0 N–H and O–H groups in total. The third kappa shape index (κ3) is 1.38. The van der Waals surface area contributed by atoms with E-state index in [0.29, 0.717) is 0 Å². The molecule has 0 unspecified atom stereocenters. The van der Waals surface area contributed by atoms with Gasteiger partial charge in [0.2, 0.25) is 23.0 Å². The topological polar surface area (TPSA) is 155 Å². The van der Waals surface area contributed by atoms with E-state index >= 15 is 0 Å². The molecule has 0 fully saturated rings. The normalized spacial score (nSPS) is 13.0. The van der Waals surface area contributed by atoms with Gasteiger partial charge >= 0.3 is 22.5 Å². The van der Waals surface area contributed by atoms with Crippen LogP contribution in [0.15, 0.2) is 36.8 Å². The van der Waals surface area contributed by atoms with E-state index in [1.54, 1.807) is 0 Å². The minimum atomic E-state index is -1.52. The largest absolute Gasteiger partial charge is 0.423 e. The van der Waals surface area contributed by atoms with E-state index in [1.807, 2.05) is 0 Å². The monoisotopic (exact) mass is 280 g/mol. The Bertz CT molecular complexity index is 846. The fraction of sp³-hybridized carbons (Fsp3) is 0. The molecule has 20 heavy (non-hydrogen) atoms. The molecule has 0 aromatic carbocycles. The summed E-state index contributed by atoms with van der Waals surface area (Å²) in [5, 5.41) is 0. The molecule has 0 saturated heterocycles. The molecular formula is C10O10. The highest BCUT2D eigenvalue weighted by Gasteiger charge is 2.40. The number of rotatable bonds is 0. The van der Waals surface area contributed by atoms with Crippen LogP contribution < -0.4 is 22.5 Å². The molecular weight excluding hydrogens is 280 g/mol. The van der Waals surface area contributed by atoms with Gasteiger partial charge in [-0.15, -0.1) is 0 Å². The van der Waals surface area contributed by atoms with Crippen molar-refractivity contribution < 1.29 is 27.3 Å². The average Bonchev–Trinajstić information content (AvgIpc) is 2.41. The third-order valence-electron chi connectivity index (χ3n) is 2.35. The van der Waals surface area contributed by atoms with E-state index in [4.69, 9.17) is 0 Å². The first-order valence-electron chi connectivity index (χ1n) is 4.86. The summed E-state index contributed by atoms with van der Waals surface area (Å²) < 4.78 is 17.3. The van der Waals surface area contributed by atoms with Crippen LogP contribution in [0.2, 0.25) is 0 Å². The van der Waals surface area contributed by atoms with Gasteiger partial charge in [0.05, 0.1) is 0 Å². The van der Waals surface area contributed by atoms with Crippen molar-refractivity contribution in [1.29, 1.82) is 0 Å². The lowest BCUT2D eigenvalue weighted by atomic mass is 10.0. The predicted molar refractivity (Wildman–Crippen MR) is 53.9 cm³/mol. The van der Waals surface area contributed by atoms with Crippen molar-refractivity contribution >= 4 is 11.6 Å². The Labute approximate surface area is 104 Å². The standard InChI is InChI=1S/C10O10/c11-1-3-5(19-9(15)7(13)17-3)2(12)6-4(1)18-8(14)10(16)20-6. The van der Waals surface area contributed by atoms with Crippen molar-refractivity contribution in [2.75, 3.05) is 0 Å². The predicted octanol–water partition coefficient (Wildman–Crippen LogP) is -1.73. The lowest BCUT2D eigenvalue weighted by molar-refractivity contribution is 0.0853. The molecule has 2 aromatic rings. The summed E-state index contributed by atoms with van der Waals surface area (Å²) in [4.78, 5) is 67.6. The van der Waals surface area contributed by atoms with E-state index < -0.39 is 57.1 Å². The first kappa shape index (κ1) is 11.8. The van der Waals surface area contributed by atoms with Gasteiger partial charge in [0.15, 0.2) is 0 Å². The van der Waals surface area contributed by atoms with Crippen molar-refractivity contribution in [3.63, 3.8) is 0 Å². The zero-order valence-electron chi connectivity index (χ0n) is 9.08. The van der Waals surface area contributed by atoms with E-state index in [2.05, 4.69) is 17.7 Å². The number of fused-ring (bicyclic) bond motifs is 2. The molecule has 10 heteroatoms. The molecule has 0 atom stereocenters. The molecule has 2 aromatic heterocycles. The summed E-state index contributed by atoms with van der Waals surface area (Å²) in [6.45, 7) is 0. The van der Waals surface area contributed by atoms with E-state index in [9.17, 15) is 28.8 Å². The maximum Gasteiger partial charge on any atom is 0.423 e. The Balaban J connectivity index is 2.45.